The molecule has 0 aliphatic heterocycles. The molecule has 7 heteroatoms. The zero-order chi connectivity index (χ0) is 26.4. The first-order chi connectivity index (χ1) is 17.9. The summed E-state index contributed by atoms with van der Waals surface area (Å²) in [4.78, 5) is 0. The van der Waals surface area contributed by atoms with Gasteiger partial charge >= 0.3 is 0 Å². The molecule has 2 aromatic rings. The maximum absolute atomic E-state index is 15.0. The third-order valence-corrected chi connectivity index (χ3v) is 8.25. The van der Waals surface area contributed by atoms with E-state index < -0.39 is 23.3 Å². The monoisotopic (exact) mass is 522 g/mol. The highest BCUT2D eigenvalue weighted by molar-refractivity contribution is 5.43. The van der Waals surface area contributed by atoms with Crippen LogP contribution in [-0.4, -0.2) is 27.4 Å². The number of halogens is 4. The first kappa shape index (κ1) is 27.9. The van der Waals surface area contributed by atoms with Crippen molar-refractivity contribution in [3.05, 3.63) is 58.7 Å². The van der Waals surface area contributed by atoms with Crippen LogP contribution in [0.3, 0.4) is 0 Å². The molecule has 0 atom stereocenters. The van der Waals surface area contributed by atoms with Gasteiger partial charge in [0.1, 0.15) is 11.5 Å². The second-order valence-corrected chi connectivity index (χ2v) is 10.9. The Morgan fingerprint density at radius 2 is 0.919 bits per heavy atom. The number of methoxy groups -OCH3 is 2. The topological polar surface area (TPSA) is 27.7 Å². The summed E-state index contributed by atoms with van der Waals surface area (Å²) in [6.07, 6.45) is 8.16. The van der Waals surface area contributed by atoms with Crippen molar-refractivity contribution < 1.29 is 31.8 Å². The Hall–Kier alpha value is -2.12. The lowest BCUT2D eigenvalue weighted by molar-refractivity contribution is 0.118. The zero-order valence-corrected chi connectivity index (χ0v) is 21.8. The van der Waals surface area contributed by atoms with E-state index in [-0.39, 0.29) is 34.5 Å². The van der Waals surface area contributed by atoms with Crippen molar-refractivity contribution in [3.63, 3.8) is 0 Å². The molecule has 204 valence electrons. The van der Waals surface area contributed by atoms with Crippen LogP contribution in [0.5, 0.6) is 11.5 Å². The lowest BCUT2D eigenvalue weighted by atomic mass is 9.79. The van der Waals surface area contributed by atoms with E-state index in [1.165, 1.54) is 12.1 Å². The molecule has 37 heavy (non-hydrogen) atoms. The van der Waals surface area contributed by atoms with Crippen molar-refractivity contribution in [2.24, 2.45) is 23.7 Å². The molecule has 0 N–H and O–H groups in total. The standard InChI is InChI=1S/C30H38F4O3/c1-35-17-21-7-3-19(4-8-21)15-23-27(13-11-25(31)29(23)33)37-28-14-12-26(32)30(34)24(28)16-20-5-9-22(10-6-20)18-36-2/h11-14,19-22H,3-10,15-18H2,1-2H3. The normalized spacial score (nSPS) is 24.3. The number of rotatable bonds is 10. The maximum Gasteiger partial charge on any atom is 0.165 e. The van der Waals surface area contributed by atoms with Crippen molar-refractivity contribution in [2.75, 3.05) is 27.4 Å². The van der Waals surface area contributed by atoms with Gasteiger partial charge in [0.25, 0.3) is 0 Å². The summed E-state index contributed by atoms with van der Waals surface area (Å²) in [6, 6.07) is 4.84. The molecular formula is C30H38F4O3. The molecule has 3 nitrogen and oxygen atoms in total. The van der Waals surface area contributed by atoms with Gasteiger partial charge in [0.05, 0.1) is 0 Å². The summed E-state index contributed by atoms with van der Waals surface area (Å²) in [5, 5.41) is 0. The molecule has 2 aromatic carbocycles. The van der Waals surface area contributed by atoms with Gasteiger partial charge in [-0.25, -0.2) is 17.6 Å². The van der Waals surface area contributed by atoms with E-state index in [0.29, 0.717) is 37.9 Å². The van der Waals surface area contributed by atoms with E-state index in [4.69, 9.17) is 14.2 Å². The summed E-state index contributed by atoms with van der Waals surface area (Å²) < 4.78 is 75.1. The van der Waals surface area contributed by atoms with Crippen molar-refractivity contribution in [3.8, 4) is 11.5 Å². The Morgan fingerprint density at radius 3 is 1.27 bits per heavy atom. The molecule has 0 radical (unpaired) electrons. The van der Waals surface area contributed by atoms with Gasteiger partial charge in [-0.1, -0.05) is 0 Å². The van der Waals surface area contributed by atoms with E-state index in [1.54, 1.807) is 14.2 Å². The molecule has 0 heterocycles. The van der Waals surface area contributed by atoms with Crippen molar-refractivity contribution in [2.45, 2.75) is 64.2 Å². The van der Waals surface area contributed by atoms with E-state index in [2.05, 4.69) is 0 Å². The Bertz CT molecular complexity index is 946. The largest absolute Gasteiger partial charge is 0.457 e. The minimum absolute atomic E-state index is 0.158. The molecule has 2 aliphatic rings. The first-order valence-corrected chi connectivity index (χ1v) is 13.5. The summed E-state index contributed by atoms with van der Waals surface area (Å²) in [5.41, 5.74) is 0.317. The molecule has 0 unspecified atom stereocenters. The fourth-order valence-corrected chi connectivity index (χ4v) is 6.09. The Kier molecular flexibility index (Phi) is 9.88. The predicted octanol–water partition coefficient (Wildman–Crippen LogP) is 8.03. The third kappa shape index (κ3) is 7.05. The molecule has 0 aromatic heterocycles. The second kappa shape index (κ2) is 13.1. The van der Waals surface area contributed by atoms with E-state index in [0.717, 1.165) is 63.5 Å². The second-order valence-electron chi connectivity index (χ2n) is 10.9. The maximum atomic E-state index is 15.0. The summed E-state index contributed by atoms with van der Waals surface area (Å²) >= 11 is 0. The molecule has 2 aliphatic carbocycles. The molecule has 2 fully saturated rings. The third-order valence-electron chi connectivity index (χ3n) is 8.25. The summed E-state index contributed by atoms with van der Waals surface area (Å²) in [6.45, 7) is 1.42. The highest BCUT2D eigenvalue weighted by Crippen LogP contribution is 2.39. The lowest BCUT2D eigenvalue weighted by Crippen LogP contribution is -2.20. The Morgan fingerprint density at radius 1 is 0.568 bits per heavy atom. The first-order valence-electron chi connectivity index (χ1n) is 13.5. The van der Waals surface area contributed by atoms with Crippen LogP contribution in [0.1, 0.15) is 62.5 Å². The van der Waals surface area contributed by atoms with Gasteiger partial charge in [-0.2, -0.15) is 0 Å². The van der Waals surface area contributed by atoms with Crippen molar-refractivity contribution >= 4 is 0 Å². The van der Waals surface area contributed by atoms with Gasteiger partial charge in [-0.15, -0.1) is 0 Å². The summed E-state index contributed by atoms with van der Waals surface area (Å²) in [5.74, 6) is -2.05. The zero-order valence-electron chi connectivity index (χ0n) is 21.8. The number of ether oxygens (including phenoxy) is 3. The van der Waals surface area contributed by atoms with Gasteiger partial charge in [0, 0.05) is 38.6 Å². The minimum Gasteiger partial charge on any atom is -0.457 e. The molecule has 0 amide bonds. The number of benzene rings is 2. The van der Waals surface area contributed by atoms with Gasteiger partial charge in [-0.3, -0.25) is 0 Å². The Balaban J connectivity index is 1.53. The average molecular weight is 523 g/mol. The minimum atomic E-state index is -0.936. The predicted molar refractivity (Wildman–Crippen MR) is 135 cm³/mol. The molecule has 0 spiro atoms. The average Bonchev–Trinajstić information content (AvgIpc) is 2.90. The lowest BCUT2D eigenvalue weighted by Gasteiger charge is -2.29. The van der Waals surface area contributed by atoms with Crippen LogP contribution in [0.15, 0.2) is 24.3 Å². The van der Waals surface area contributed by atoms with Gasteiger partial charge in [-0.05, 0) is 112 Å². The van der Waals surface area contributed by atoms with Crippen LogP contribution in [0.4, 0.5) is 17.6 Å². The van der Waals surface area contributed by atoms with E-state index in [9.17, 15) is 8.78 Å². The fraction of sp³-hybridized carbons (Fsp3) is 0.600. The Labute approximate surface area is 217 Å². The van der Waals surface area contributed by atoms with Crippen molar-refractivity contribution in [1.82, 2.24) is 0 Å². The van der Waals surface area contributed by atoms with Gasteiger partial charge in [0.15, 0.2) is 23.3 Å². The van der Waals surface area contributed by atoms with Crippen molar-refractivity contribution in [1.29, 1.82) is 0 Å². The number of hydrogen-bond donors (Lipinski definition) is 0. The highest BCUT2D eigenvalue weighted by Gasteiger charge is 2.28. The molecule has 2 saturated carbocycles. The fourth-order valence-electron chi connectivity index (χ4n) is 6.09. The van der Waals surface area contributed by atoms with Crippen LogP contribution < -0.4 is 4.74 Å². The van der Waals surface area contributed by atoms with Crippen LogP contribution in [0.25, 0.3) is 0 Å². The summed E-state index contributed by atoms with van der Waals surface area (Å²) in [7, 11) is 3.38. The molecule has 0 bridgehead atoms. The van der Waals surface area contributed by atoms with Crippen LogP contribution in [0.2, 0.25) is 0 Å². The highest BCUT2D eigenvalue weighted by atomic mass is 19.2. The van der Waals surface area contributed by atoms with E-state index >= 15 is 8.78 Å². The van der Waals surface area contributed by atoms with Crippen LogP contribution in [-0.2, 0) is 22.3 Å². The quantitative estimate of drug-likeness (QED) is 0.296. The molecule has 0 saturated heterocycles. The van der Waals surface area contributed by atoms with Crippen LogP contribution in [0, 0.1) is 46.9 Å². The van der Waals surface area contributed by atoms with E-state index in [1.807, 2.05) is 0 Å². The molecule has 4 rings (SSSR count). The van der Waals surface area contributed by atoms with Crippen LogP contribution >= 0.6 is 0 Å². The number of hydrogen-bond acceptors (Lipinski definition) is 3. The SMILES string of the molecule is COCC1CCC(Cc2c(Oc3ccc(F)c(F)c3CC3CCC(COC)CC3)ccc(F)c2F)CC1. The smallest absolute Gasteiger partial charge is 0.165 e. The van der Waals surface area contributed by atoms with Gasteiger partial charge in [0.2, 0.25) is 0 Å². The molecular weight excluding hydrogens is 484 g/mol. The van der Waals surface area contributed by atoms with Gasteiger partial charge < -0.3 is 14.2 Å².